The zero-order valence-electron chi connectivity index (χ0n) is 14.9. The number of fused-ring (bicyclic) bond motifs is 1. The molecule has 142 valence electrons. The van der Waals surface area contributed by atoms with Crippen molar-refractivity contribution >= 4 is 17.5 Å². The maximum Gasteiger partial charge on any atom is 0.316 e. The molecule has 27 heavy (non-hydrogen) atoms. The van der Waals surface area contributed by atoms with Gasteiger partial charge in [0.25, 0.3) is 0 Å². The first kappa shape index (κ1) is 18.2. The van der Waals surface area contributed by atoms with Gasteiger partial charge in [0.05, 0.1) is 24.0 Å². The molecular weight excluding hydrogens is 366 g/mol. The number of carbonyl (C=O) groups excluding carboxylic acids is 1. The summed E-state index contributed by atoms with van der Waals surface area (Å²) in [6, 6.07) is 8.63. The van der Waals surface area contributed by atoms with Crippen LogP contribution < -0.4 is 10.1 Å². The van der Waals surface area contributed by atoms with Crippen LogP contribution in [0.2, 0.25) is 5.02 Å². The molecule has 1 unspecified atom stereocenters. The molecule has 6 nitrogen and oxygen atoms in total. The summed E-state index contributed by atoms with van der Waals surface area (Å²) in [6.07, 6.45) is 6.79. The van der Waals surface area contributed by atoms with Gasteiger partial charge in [-0.3, -0.25) is 4.79 Å². The molecule has 7 heteroatoms. The number of nitrogens with one attached hydrogen (secondary N) is 1. The number of halogens is 1. The molecule has 1 amide bonds. The number of rotatable bonds is 4. The van der Waals surface area contributed by atoms with Crippen molar-refractivity contribution in [2.24, 2.45) is 0 Å². The van der Waals surface area contributed by atoms with E-state index in [-0.39, 0.29) is 18.1 Å². The Morgan fingerprint density at radius 2 is 1.81 bits per heavy atom. The van der Waals surface area contributed by atoms with Gasteiger partial charge >= 0.3 is 6.01 Å². The number of nitrogens with zero attached hydrogens (tertiary/aromatic N) is 2. The highest BCUT2D eigenvalue weighted by Gasteiger charge is 2.29. The average Bonchev–Trinajstić information content (AvgIpc) is 2.71. The van der Waals surface area contributed by atoms with Crippen LogP contribution in [0.4, 0.5) is 0 Å². The van der Waals surface area contributed by atoms with Gasteiger partial charge in [-0.2, -0.15) is 0 Å². The second kappa shape index (κ2) is 8.23. The van der Waals surface area contributed by atoms with E-state index in [2.05, 4.69) is 27.4 Å². The Morgan fingerprint density at radius 3 is 2.56 bits per heavy atom. The summed E-state index contributed by atoms with van der Waals surface area (Å²) in [6.45, 7) is 0.496. The fraction of sp³-hybridized carbons (Fsp3) is 0.450. The molecule has 1 aliphatic carbocycles. The van der Waals surface area contributed by atoms with E-state index in [1.807, 2.05) is 12.1 Å². The molecule has 2 aliphatic rings. The SMILES string of the molecule is O=C(NC1CCC(Oc2ncc(Cl)cn2)CC1)C1Cc2ccccc2CO1. The van der Waals surface area contributed by atoms with Crippen LogP contribution in [-0.2, 0) is 22.6 Å². The predicted molar refractivity (Wildman–Crippen MR) is 101 cm³/mol. The second-order valence-corrected chi connectivity index (χ2v) is 7.49. The van der Waals surface area contributed by atoms with Crippen LogP contribution in [0, 0.1) is 0 Å². The Labute approximate surface area is 163 Å². The van der Waals surface area contributed by atoms with Crippen molar-refractivity contribution in [1.82, 2.24) is 15.3 Å². The molecule has 1 aromatic heterocycles. The zero-order chi connectivity index (χ0) is 18.6. The summed E-state index contributed by atoms with van der Waals surface area (Å²) in [5, 5.41) is 3.63. The molecule has 0 spiro atoms. The number of carbonyl (C=O) groups is 1. The van der Waals surface area contributed by atoms with Crippen LogP contribution >= 0.6 is 11.6 Å². The van der Waals surface area contributed by atoms with E-state index in [1.54, 1.807) is 0 Å². The van der Waals surface area contributed by atoms with E-state index >= 15 is 0 Å². The molecule has 1 N–H and O–H groups in total. The fourth-order valence-electron chi connectivity index (χ4n) is 3.64. The number of benzene rings is 1. The number of ether oxygens (including phenoxy) is 2. The third kappa shape index (κ3) is 4.57. The van der Waals surface area contributed by atoms with E-state index in [4.69, 9.17) is 21.1 Å². The van der Waals surface area contributed by atoms with Crippen LogP contribution in [0.1, 0.15) is 36.8 Å². The molecule has 4 rings (SSSR count). The van der Waals surface area contributed by atoms with Crippen molar-refractivity contribution in [3.05, 3.63) is 52.8 Å². The maximum atomic E-state index is 12.6. The number of hydrogen-bond donors (Lipinski definition) is 1. The van der Waals surface area contributed by atoms with Crippen molar-refractivity contribution in [3.8, 4) is 6.01 Å². The molecule has 1 aliphatic heterocycles. The number of aromatic nitrogens is 2. The minimum atomic E-state index is -0.406. The minimum Gasteiger partial charge on any atom is -0.460 e. The smallest absolute Gasteiger partial charge is 0.316 e. The van der Waals surface area contributed by atoms with E-state index < -0.39 is 6.10 Å². The summed E-state index contributed by atoms with van der Waals surface area (Å²) < 4.78 is 11.6. The lowest BCUT2D eigenvalue weighted by molar-refractivity contribution is -0.135. The monoisotopic (exact) mass is 387 g/mol. The maximum absolute atomic E-state index is 12.6. The lowest BCUT2D eigenvalue weighted by atomic mass is 9.92. The molecule has 1 aromatic carbocycles. The first-order valence-electron chi connectivity index (χ1n) is 9.30. The molecule has 1 atom stereocenters. The van der Waals surface area contributed by atoms with Crippen LogP contribution in [0.25, 0.3) is 0 Å². The lowest BCUT2D eigenvalue weighted by Crippen LogP contribution is -2.46. The predicted octanol–water partition coefficient (Wildman–Crippen LogP) is 3.08. The topological polar surface area (TPSA) is 73.3 Å². The highest BCUT2D eigenvalue weighted by Crippen LogP contribution is 2.24. The molecule has 2 aromatic rings. The van der Waals surface area contributed by atoms with Gasteiger partial charge < -0.3 is 14.8 Å². The van der Waals surface area contributed by atoms with Crippen LogP contribution in [0.5, 0.6) is 6.01 Å². The first-order chi connectivity index (χ1) is 13.2. The van der Waals surface area contributed by atoms with E-state index in [9.17, 15) is 4.79 Å². The molecule has 1 saturated carbocycles. The van der Waals surface area contributed by atoms with Gasteiger partial charge in [-0.05, 0) is 36.8 Å². The largest absolute Gasteiger partial charge is 0.460 e. The van der Waals surface area contributed by atoms with E-state index in [0.717, 1.165) is 25.7 Å². The van der Waals surface area contributed by atoms with E-state index in [0.29, 0.717) is 24.1 Å². The Hall–Kier alpha value is -2.18. The van der Waals surface area contributed by atoms with Crippen LogP contribution in [0.15, 0.2) is 36.7 Å². The Bertz CT molecular complexity index is 791. The molecule has 0 radical (unpaired) electrons. The minimum absolute atomic E-state index is 0.0186. The average molecular weight is 388 g/mol. The van der Waals surface area contributed by atoms with Crippen LogP contribution in [-0.4, -0.2) is 34.1 Å². The van der Waals surface area contributed by atoms with Gasteiger partial charge in [0, 0.05) is 12.5 Å². The standard InChI is InChI=1S/C20H22ClN3O3/c21-15-10-22-20(23-11-15)27-17-7-5-16(6-8-17)24-19(25)18-9-13-3-1-2-4-14(13)12-26-18/h1-4,10-11,16-18H,5-9,12H2,(H,24,25). The molecule has 2 heterocycles. The van der Waals surface area contributed by atoms with Gasteiger partial charge in [-0.15, -0.1) is 0 Å². The molecule has 0 saturated heterocycles. The summed E-state index contributed by atoms with van der Waals surface area (Å²) in [4.78, 5) is 20.7. The number of hydrogen-bond acceptors (Lipinski definition) is 5. The first-order valence-corrected chi connectivity index (χ1v) is 9.68. The van der Waals surface area contributed by atoms with Crippen molar-refractivity contribution in [1.29, 1.82) is 0 Å². The van der Waals surface area contributed by atoms with Crippen molar-refractivity contribution in [2.45, 2.75) is 57.0 Å². The van der Waals surface area contributed by atoms with Gasteiger partial charge in [0.15, 0.2) is 0 Å². The van der Waals surface area contributed by atoms with Crippen molar-refractivity contribution in [3.63, 3.8) is 0 Å². The lowest BCUT2D eigenvalue weighted by Gasteiger charge is -2.31. The Morgan fingerprint density at radius 1 is 1.11 bits per heavy atom. The normalized spacial score (nSPS) is 24.7. The quantitative estimate of drug-likeness (QED) is 0.872. The van der Waals surface area contributed by atoms with Gasteiger partial charge in [0.2, 0.25) is 5.91 Å². The van der Waals surface area contributed by atoms with Crippen LogP contribution in [0.3, 0.4) is 0 Å². The Balaban J connectivity index is 1.24. The summed E-state index contributed by atoms with van der Waals surface area (Å²) >= 11 is 5.78. The van der Waals surface area contributed by atoms with Gasteiger partial charge in [0.1, 0.15) is 12.2 Å². The summed E-state index contributed by atoms with van der Waals surface area (Å²) in [5.74, 6) is -0.0186. The zero-order valence-corrected chi connectivity index (χ0v) is 15.7. The third-order valence-electron chi connectivity index (χ3n) is 5.15. The molecule has 0 bridgehead atoms. The van der Waals surface area contributed by atoms with E-state index in [1.165, 1.54) is 23.5 Å². The highest BCUT2D eigenvalue weighted by atomic mass is 35.5. The third-order valence-corrected chi connectivity index (χ3v) is 5.34. The van der Waals surface area contributed by atoms with Crippen molar-refractivity contribution in [2.75, 3.05) is 0 Å². The van der Waals surface area contributed by atoms with Gasteiger partial charge in [-0.1, -0.05) is 35.9 Å². The fourth-order valence-corrected chi connectivity index (χ4v) is 3.74. The second-order valence-electron chi connectivity index (χ2n) is 7.06. The van der Waals surface area contributed by atoms with Crippen molar-refractivity contribution < 1.29 is 14.3 Å². The summed E-state index contributed by atoms with van der Waals surface area (Å²) in [7, 11) is 0. The number of amides is 1. The summed E-state index contributed by atoms with van der Waals surface area (Å²) in [5.41, 5.74) is 2.37. The molecule has 1 fully saturated rings. The van der Waals surface area contributed by atoms with Gasteiger partial charge in [-0.25, -0.2) is 9.97 Å². The Kier molecular flexibility index (Phi) is 5.55. The highest BCUT2D eigenvalue weighted by molar-refractivity contribution is 6.30. The molecular formula is C20H22ClN3O3.